The Morgan fingerprint density at radius 2 is 2.15 bits per heavy atom. The molecule has 0 heterocycles. The van der Waals surface area contributed by atoms with Crippen molar-refractivity contribution >= 4 is 34.9 Å². The van der Waals surface area contributed by atoms with Gasteiger partial charge < -0.3 is 4.74 Å². The van der Waals surface area contributed by atoms with Gasteiger partial charge in [-0.1, -0.05) is 11.6 Å². The van der Waals surface area contributed by atoms with Crippen LogP contribution in [-0.2, 0) is 0 Å². The first-order chi connectivity index (χ1) is 6.13. The van der Waals surface area contributed by atoms with Gasteiger partial charge in [0.25, 0.3) is 0 Å². The molecule has 1 aromatic rings. The van der Waals surface area contributed by atoms with Gasteiger partial charge in [-0.2, -0.15) is 0 Å². The molecule has 0 N–H and O–H groups in total. The topological polar surface area (TPSA) is 43.4 Å². The summed E-state index contributed by atoms with van der Waals surface area (Å²) < 4.78 is 4.53. The Bertz CT molecular complexity index is 349. The highest BCUT2D eigenvalue weighted by Crippen LogP contribution is 2.21. The summed E-state index contributed by atoms with van der Waals surface area (Å²) in [6.07, 6.45) is 0.529. The van der Waals surface area contributed by atoms with Crippen LogP contribution in [0.4, 0.5) is 4.79 Å². The summed E-state index contributed by atoms with van der Waals surface area (Å²) >= 11 is 10.6. The maximum absolute atomic E-state index is 10.5. The molecule has 1 aromatic carbocycles. The number of carbonyl (C=O) groups excluding carboxylic acids is 2. The smallest absolute Gasteiger partial charge is 0.409 e. The summed E-state index contributed by atoms with van der Waals surface area (Å²) in [6.45, 7) is 0. The molecule has 0 fully saturated rings. The lowest BCUT2D eigenvalue weighted by Crippen LogP contribution is -1.99. The van der Waals surface area contributed by atoms with E-state index in [1.165, 1.54) is 18.2 Å². The zero-order valence-corrected chi connectivity index (χ0v) is 7.80. The molecular weight excluding hydrogens is 215 g/mol. The second-order valence-electron chi connectivity index (χ2n) is 2.14. The fraction of sp³-hybridized carbons (Fsp3) is 0. The Morgan fingerprint density at radius 1 is 1.46 bits per heavy atom. The van der Waals surface area contributed by atoms with Crippen LogP contribution in [0.3, 0.4) is 0 Å². The van der Waals surface area contributed by atoms with Gasteiger partial charge in [-0.25, -0.2) is 4.79 Å². The van der Waals surface area contributed by atoms with Crippen LogP contribution < -0.4 is 4.74 Å². The van der Waals surface area contributed by atoms with Crippen LogP contribution in [0, 0.1) is 0 Å². The first-order valence-corrected chi connectivity index (χ1v) is 4.01. The Hall–Kier alpha value is -1.06. The van der Waals surface area contributed by atoms with Crippen LogP contribution in [0.25, 0.3) is 0 Å². The van der Waals surface area contributed by atoms with Gasteiger partial charge in [-0.3, -0.25) is 4.79 Å². The second-order valence-corrected chi connectivity index (χ2v) is 2.88. The standard InChI is InChI=1S/C8H4Cl2O3/c9-6-1-2-7(13-8(10)12)5(3-6)4-11/h1-4H. The largest absolute Gasteiger partial charge is 0.414 e. The van der Waals surface area contributed by atoms with Crippen molar-refractivity contribution < 1.29 is 14.3 Å². The summed E-state index contributed by atoms with van der Waals surface area (Å²) in [7, 11) is 0. The Labute approximate surface area is 84.2 Å². The summed E-state index contributed by atoms with van der Waals surface area (Å²) in [5.41, 5.74) is -0.813. The third-order valence-corrected chi connectivity index (χ3v) is 1.60. The van der Waals surface area contributed by atoms with Crippen molar-refractivity contribution in [2.75, 3.05) is 0 Å². The normalized spacial score (nSPS) is 9.38. The minimum atomic E-state index is -0.995. The lowest BCUT2D eigenvalue weighted by atomic mass is 10.2. The SMILES string of the molecule is O=Cc1cc(Cl)ccc1OC(=O)Cl. The van der Waals surface area contributed by atoms with Crippen LogP contribution in [0.5, 0.6) is 5.75 Å². The highest BCUT2D eigenvalue weighted by Gasteiger charge is 2.06. The van der Waals surface area contributed by atoms with E-state index >= 15 is 0 Å². The zero-order valence-electron chi connectivity index (χ0n) is 6.29. The van der Waals surface area contributed by atoms with Gasteiger partial charge in [-0.05, 0) is 18.2 Å². The van der Waals surface area contributed by atoms with Gasteiger partial charge in [0.05, 0.1) is 5.56 Å². The van der Waals surface area contributed by atoms with Crippen LogP contribution in [0.2, 0.25) is 5.02 Å². The highest BCUT2D eigenvalue weighted by atomic mass is 35.5. The van der Waals surface area contributed by atoms with E-state index in [9.17, 15) is 9.59 Å². The third kappa shape index (κ3) is 2.72. The van der Waals surface area contributed by atoms with Gasteiger partial charge in [-0.15, -0.1) is 0 Å². The van der Waals surface area contributed by atoms with Gasteiger partial charge in [0.1, 0.15) is 5.75 Å². The number of aldehydes is 1. The molecule has 0 aliphatic heterocycles. The van der Waals surface area contributed by atoms with E-state index in [1.807, 2.05) is 0 Å². The van der Waals surface area contributed by atoms with E-state index in [4.69, 9.17) is 23.2 Å². The maximum atomic E-state index is 10.5. The lowest BCUT2D eigenvalue weighted by Gasteiger charge is -2.02. The number of hydrogen-bond donors (Lipinski definition) is 0. The first kappa shape index (κ1) is 10.0. The average Bonchev–Trinajstić information content (AvgIpc) is 2.07. The van der Waals surface area contributed by atoms with E-state index in [-0.39, 0.29) is 11.3 Å². The van der Waals surface area contributed by atoms with Crippen LogP contribution in [-0.4, -0.2) is 11.7 Å². The molecule has 0 aliphatic carbocycles. The van der Waals surface area contributed by atoms with Gasteiger partial charge >= 0.3 is 5.43 Å². The number of rotatable bonds is 2. The third-order valence-electron chi connectivity index (χ3n) is 1.29. The van der Waals surface area contributed by atoms with E-state index in [0.29, 0.717) is 11.3 Å². The molecule has 13 heavy (non-hydrogen) atoms. The molecule has 0 radical (unpaired) electrons. The number of hydrogen-bond acceptors (Lipinski definition) is 3. The molecule has 0 atom stereocenters. The number of carbonyl (C=O) groups is 2. The molecule has 0 saturated heterocycles. The predicted molar refractivity (Wildman–Crippen MR) is 48.7 cm³/mol. The molecule has 5 heteroatoms. The van der Waals surface area contributed by atoms with Crippen molar-refractivity contribution in [3.8, 4) is 5.75 Å². The molecule has 0 aromatic heterocycles. The molecule has 0 aliphatic rings. The molecule has 0 saturated carbocycles. The minimum Gasteiger partial charge on any atom is -0.414 e. The number of ether oxygens (including phenoxy) is 1. The first-order valence-electron chi connectivity index (χ1n) is 3.25. The van der Waals surface area contributed by atoms with Crippen molar-refractivity contribution in [2.24, 2.45) is 0 Å². The fourth-order valence-corrected chi connectivity index (χ4v) is 1.05. The molecule has 0 amide bonds. The van der Waals surface area contributed by atoms with E-state index < -0.39 is 5.43 Å². The molecule has 0 bridgehead atoms. The fourth-order valence-electron chi connectivity index (χ4n) is 0.791. The van der Waals surface area contributed by atoms with E-state index in [2.05, 4.69) is 4.74 Å². The summed E-state index contributed by atoms with van der Waals surface area (Å²) in [4.78, 5) is 20.8. The van der Waals surface area contributed by atoms with E-state index in [1.54, 1.807) is 0 Å². The summed E-state index contributed by atoms with van der Waals surface area (Å²) in [6, 6.07) is 4.26. The summed E-state index contributed by atoms with van der Waals surface area (Å²) in [5.74, 6) is 0.0967. The van der Waals surface area contributed by atoms with Gasteiger partial charge in [0, 0.05) is 16.6 Å². The van der Waals surface area contributed by atoms with Crippen LogP contribution >= 0.6 is 23.2 Å². The van der Waals surface area contributed by atoms with Gasteiger partial charge in [0.15, 0.2) is 6.29 Å². The lowest BCUT2D eigenvalue weighted by molar-refractivity contribution is 0.112. The predicted octanol–water partition coefficient (Wildman–Crippen LogP) is 2.89. The number of benzene rings is 1. The maximum Gasteiger partial charge on any atom is 0.409 e. The molecular formula is C8H4Cl2O3. The summed E-state index contributed by atoms with van der Waals surface area (Å²) in [5, 5.41) is 0.386. The van der Waals surface area contributed by atoms with E-state index in [0.717, 1.165) is 0 Å². The van der Waals surface area contributed by atoms with Crippen LogP contribution in [0.1, 0.15) is 10.4 Å². The Kier molecular flexibility index (Phi) is 3.28. The van der Waals surface area contributed by atoms with Crippen molar-refractivity contribution in [1.82, 2.24) is 0 Å². The minimum absolute atomic E-state index is 0.0967. The van der Waals surface area contributed by atoms with Crippen molar-refractivity contribution in [3.63, 3.8) is 0 Å². The molecule has 1 rings (SSSR count). The zero-order chi connectivity index (χ0) is 9.84. The number of halogens is 2. The average molecular weight is 219 g/mol. The Balaban J connectivity index is 3.05. The monoisotopic (exact) mass is 218 g/mol. The quantitative estimate of drug-likeness (QED) is 0.567. The molecule has 0 unspecified atom stereocenters. The van der Waals surface area contributed by atoms with Crippen molar-refractivity contribution in [1.29, 1.82) is 0 Å². The van der Waals surface area contributed by atoms with Gasteiger partial charge in [0.2, 0.25) is 0 Å². The Morgan fingerprint density at radius 3 is 2.69 bits per heavy atom. The highest BCUT2D eigenvalue weighted by molar-refractivity contribution is 6.61. The van der Waals surface area contributed by atoms with Crippen molar-refractivity contribution in [3.05, 3.63) is 28.8 Å². The molecule has 0 spiro atoms. The van der Waals surface area contributed by atoms with Crippen LogP contribution in [0.15, 0.2) is 18.2 Å². The second kappa shape index (κ2) is 4.25. The van der Waals surface area contributed by atoms with Crippen molar-refractivity contribution in [2.45, 2.75) is 0 Å². The molecule has 68 valence electrons. The molecule has 3 nitrogen and oxygen atoms in total.